The number of likely N-dealkylation sites (N-methyl/N-ethyl adjacent to an activating group) is 1. The van der Waals surface area contributed by atoms with Gasteiger partial charge in [-0.2, -0.15) is 0 Å². The van der Waals surface area contributed by atoms with E-state index in [0.29, 0.717) is 42.2 Å². The van der Waals surface area contributed by atoms with E-state index in [9.17, 15) is 9.59 Å². The maximum atomic E-state index is 13.8. The number of pyridine rings is 1. The number of carbonyl (C=O) groups is 2. The largest absolute Gasteiger partial charge is 0.494 e. The first-order valence-electron chi connectivity index (χ1n) is 11.6. The summed E-state index contributed by atoms with van der Waals surface area (Å²) in [4.78, 5) is 35.0. The molecule has 0 bridgehead atoms. The van der Waals surface area contributed by atoms with E-state index in [2.05, 4.69) is 4.98 Å². The third kappa shape index (κ3) is 4.57. The van der Waals surface area contributed by atoms with Gasteiger partial charge in [-0.25, -0.2) is 4.90 Å². The molecule has 0 saturated heterocycles. The molecule has 3 aromatic rings. The molecule has 6 nitrogen and oxygen atoms in total. The van der Waals surface area contributed by atoms with Crippen molar-refractivity contribution in [1.29, 1.82) is 0 Å². The van der Waals surface area contributed by atoms with Crippen LogP contribution in [0.4, 0.5) is 5.69 Å². The number of para-hydroxylation sites is 1. The van der Waals surface area contributed by atoms with Crippen LogP contribution in [0.1, 0.15) is 30.5 Å². The molecule has 174 valence electrons. The van der Waals surface area contributed by atoms with Crippen LogP contribution < -0.4 is 9.64 Å². The summed E-state index contributed by atoms with van der Waals surface area (Å²) in [6.07, 6.45) is 4.27. The van der Waals surface area contributed by atoms with Gasteiger partial charge in [0.05, 0.1) is 17.9 Å². The molecule has 0 radical (unpaired) electrons. The fourth-order valence-corrected chi connectivity index (χ4v) is 4.23. The molecule has 0 atom stereocenters. The molecular weight excluding hydrogens is 426 g/mol. The quantitative estimate of drug-likeness (QED) is 0.440. The van der Waals surface area contributed by atoms with Crippen molar-refractivity contribution in [3.63, 3.8) is 0 Å². The first-order chi connectivity index (χ1) is 16.5. The lowest BCUT2D eigenvalue weighted by molar-refractivity contribution is -0.120. The molecule has 0 saturated carbocycles. The van der Waals surface area contributed by atoms with Gasteiger partial charge in [0.1, 0.15) is 11.4 Å². The summed E-state index contributed by atoms with van der Waals surface area (Å²) >= 11 is 0. The van der Waals surface area contributed by atoms with Crippen LogP contribution >= 0.6 is 0 Å². The van der Waals surface area contributed by atoms with E-state index in [4.69, 9.17) is 4.74 Å². The van der Waals surface area contributed by atoms with Gasteiger partial charge >= 0.3 is 0 Å². The minimum absolute atomic E-state index is 0.292. The monoisotopic (exact) mass is 455 g/mol. The zero-order valence-corrected chi connectivity index (χ0v) is 19.8. The van der Waals surface area contributed by atoms with Crippen LogP contribution in [0, 0.1) is 6.92 Å². The van der Waals surface area contributed by atoms with E-state index >= 15 is 0 Å². The zero-order valence-electron chi connectivity index (χ0n) is 19.8. The number of rotatable bonds is 9. The Balaban J connectivity index is 1.76. The van der Waals surface area contributed by atoms with Gasteiger partial charge < -0.3 is 9.64 Å². The third-order valence-corrected chi connectivity index (χ3v) is 5.99. The number of anilines is 1. The van der Waals surface area contributed by atoms with E-state index in [1.807, 2.05) is 86.3 Å². The van der Waals surface area contributed by atoms with Gasteiger partial charge in [0.2, 0.25) is 0 Å². The lowest BCUT2D eigenvalue weighted by Gasteiger charge is -2.25. The number of aryl methyl sites for hydroxylation is 1. The lowest BCUT2D eigenvalue weighted by atomic mass is 10.0. The van der Waals surface area contributed by atoms with Gasteiger partial charge in [-0.3, -0.25) is 14.6 Å². The highest BCUT2D eigenvalue weighted by Crippen LogP contribution is 2.36. The summed E-state index contributed by atoms with van der Waals surface area (Å²) in [5.41, 5.74) is 4.18. The van der Waals surface area contributed by atoms with Crippen LogP contribution in [0.3, 0.4) is 0 Å². The average Bonchev–Trinajstić information content (AvgIpc) is 3.11. The highest BCUT2D eigenvalue weighted by Gasteiger charge is 2.42. The molecule has 6 heteroatoms. The predicted octanol–water partition coefficient (Wildman–Crippen LogP) is 4.64. The molecule has 1 aliphatic heterocycles. The van der Waals surface area contributed by atoms with Gasteiger partial charge in [-0.15, -0.1) is 0 Å². The van der Waals surface area contributed by atoms with Crippen molar-refractivity contribution in [2.24, 2.45) is 0 Å². The summed E-state index contributed by atoms with van der Waals surface area (Å²) in [6, 6.07) is 18.8. The molecule has 1 aliphatic rings. The predicted molar refractivity (Wildman–Crippen MR) is 133 cm³/mol. The molecule has 34 heavy (non-hydrogen) atoms. The van der Waals surface area contributed by atoms with Gasteiger partial charge in [0.15, 0.2) is 0 Å². The number of imide groups is 1. The SMILES string of the molecule is CCOc1ccc(C2=C(N(CC)CCc3ccncc3)C(=O)N(c3ccccc3C)C2=O)cc1. The average molecular weight is 456 g/mol. The summed E-state index contributed by atoms with van der Waals surface area (Å²) in [5, 5.41) is 0. The van der Waals surface area contributed by atoms with Crippen molar-refractivity contribution in [2.45, 2.75) is 27.2 Å². The van der Waals surface area contributed by atoms with E-state index in [1.54, 1.807) is 12.4 Å². The molecule has 2 amide bonds. The Morgan fingerprint density at radius 2 is 1.62 bits per heavy atom. The number of ether oxygens (including phenoxy) is 1. The molecule has 0 aliphatic carbocycles. The van der Waals surface area contributed by atoms with Gasteiger partial charge in [-0.1, -0.05) is 30.3 Å². The maximum Gasteiger partial charge on any atom is 0.282 e. The lowest BCUT2D eigenvalue weighted by Crippen LogP contribution is -2.36. The summed E-state index contributed by atoms with van der Waals surface area (Å²) in [7, 11) is 0. The highest BCUT2D eigenvalue weighted by molar-refractivity contribution is 6.45. The molecular formula is C28H29N3O3. The minimum Gasteiger partial charge on any atom is -0.494 e. The smallest absolute Gasteiger partial charge is 0.282 e. The molecule has 0 unspecified atom stereocenters. The number of aromatic nitrogens is 1. The van der Waals surface area contributed by atoms with Crippen molar-refractivity contribution in [3.8, 4) is 5.75 Å². The van der Waals surface area contributed by atoms with Crippen molar-refractivity contribution in [3.05, 3.63) is 95.4 Å². The number of carbonyl (C=O) groups excluding carboxylic acids is 2. The van der Waals surface area contributed by atoms with Crippen LogP contribution in [0.2, 0.25) is 0 Å². The second-order valence-corrected chi connectivity index (χ2v) is 8.10. The summed E-state index contributed by atoms with van der Waals surface area (Å²) in [6.45, 7) is 7.60. The van der Waals surface area contributed by atoms with Crippen LogP contribution in [-0.2, 0) is 16.0 Å². The number of benzene rings is 2. The highest BCUT2D eigenvalue weighted by atomic mass is 16.5. The van der Waals surface area contributed by atoms with E-state index in [1.165, 1.54) is 4.90 Å². The Morgan fingerprint density at radius 1 is 0.912 bits per heavy atom. The molecule has 0 N–H and O–H groups in total. The Labute approximate surface area is 200 Å². The minimum atomic E-state index is -0.305. The van der Waals surface area contributed by atoms with Crippen LogP contribution in [0.15, 0.2) is 78.8 Å². The Kier molecular flexibility index (Phi) is 7.07. The molecule has 4 rings (SSSR count). The van der Waals surface area contributed by atoms with Crippen LogP contribution in [0.5, 0.6) is 5.75 Å². The first kappa shape index (κ1) is 23.2. The topological polar surface area (TPSA) is 62.7 Å². The maximum absolute atomic E-state index is 13.8. The first-order valence-corrected chi connectivity index (χ1v) is 11.6. The van der Waals surface area contributed by atoms with Crippen molar-refractivity contribution < 1.29 is 14.3 Å². The van der Waals surface area contributed by atoms with Crippen molar-refractivity contribution >= 4 is 23.1 Å². The number of hydrogen-bond acceptors (Lipinski definition) is 5. The fourth-order valence-electron chi connectivity index (χ4n) is 4.23. The Morgan fingerprint density at radius 3 is 2.26 bits per heavy atom. The third-order valence-electron chi connectivity index (χ3n) is 5.99. The summed E-state index contributed by atoms with van der Waals surface area (Å²) in [5.74, 6) is 0.131. The van der Waals surface area contributed by atoms with Crippen LogP contribution in [0.25, 0.3) is 5.57 Å². The van der Waals surface area contributed by atoms with Gasteiger partial charge in [-0.05, 0) is 74.2 Å². The van der Waals surface area contributed by atoms with E-state index < -0.39 is 0 Å². The molecule has 2 heterocycles. The van der Waals surface area contributed by atoms with Crippen LogP contribution in [-0.4, -0.2) is 41.4 Å². The van der Waals surface area contributed by atoms with E-state index in [0.717, 1.165) is 23.3 Å². The molecule has 2 aromatic carbocycles. The normalized spacial score (nSPS) is 13.6. The molecule has 0 fully saturated rings. The number of nitrogens with zero attached hydrogens (tertiary/aromatic N) is 3. The summed E-state index contributed by atoms with van der Waals surface area (Å²) < 4.78 is 5.57. The van der Waals surface area contributed by atoms with Crippen molar-refractivity contribution in [1.82, 2.24) is 9.88 Å². The standard InChI is InChI=1S/C28H29N3O3/c1-4-30(19-16-21-14-17-29-18-15-21)26-25(22-10-12-23(13-11-22)34-5-2)27(32)31(28(26)33)24-9-7-6-8-20(24)3/h6-15,17-18H,4-5,16,19H2,1-3H3. The Bertz CT molecular complexity index is 1200. The zero-order chi connectivity index (χ0) is 24.1. The Hall–Kier alpha value is -3.93. The molecule has 1 aromatic heterocycles. The van der Waals surface area contributed by atoms with Crippen molar-refractivity contribution in [2.75, 3.05) is 24.6 Å². The number of hydrogen-bond donors (Lipinski definition) is 0. The van der Waals surface area contributed by atoms with E-state index in [-0.39, 0.29) is 11.8 Å². The fraction of sp³-hybridized carbons (Fsp3) is 0.250. The van der Waals surface area contributed by atoms with Gasteiger partial charge in [0, 0.05) is 25.5 Å². The molecule has 0 spiro atoms. The number of amides is 2. The van der Waals surface area contributed by atoms with Gasteiger partial charge in [0.25, 0.3) is 11.8 Å². The second-order valence-electron chi connectivity index (χ2n) is 8.10. The second kappa shape index (κ2) is 10.3.